The van der Waals surface area contributed by atoms with Gasteiger partial charge >= 0.3 is 5.97 Å². The summed E-state index contributed by atoms with van der Waals surface area (Å²) in [5.41, 5.74) is 6.73. The third-order valence-corrected chi connectivity index (χ3v) is 2.60. The standard InChI is InChI=1S/C10H13N3O2/c11-7-2-4-13(6-7)9-5-12-3-1-8(9)10(14)15/h1,3,5,7H,2,4,6,11H2,(H,14,15). The van der Waals surface area contributed by atoms with E-state index in [1.807, 2.05) is 4.90 Å². The summed E-state index contributed by atoms with van der Waals surface area (Å²) >= 11 is 0. The van der Waals surface area contributed by atoms with E-state index in [1.165, 1.54) is 12.3 Å². The third kappa shape index (κ3) is 1.92. The zero-order chi connectivity index (χ0) is 10.8. The van der Waals surface area contributed by atoms with Crippen LogP contribution in [0.3, 0.4) is 0 Å². The van der Waals surface area contributed by atoms with Crippen molar-refractivity contribution in [2.75, 3.05) is 18.0 Å². The van der Waals surface area contributed by atoms with Crippen molar-refractivity contribution in [1.29, 1.82) is 0 Å². The second kappa shape index (κ2) is 3.86. The Morgan fingerprint density at radius 2 is 2.47 bits per heavy atom. The van der Waals surface area contributed by atoms with Crippen molar-refractivity contribution in [3.63, 3.8) is 0 Å². The molecule has 15 heavy (non-hydrogen) atoms. The lowest BCUT2D eigenvalue weighted by molar-refractivity contribution is 0.0697. The van der Waals surface area contributed by atoms with E-state index < -0.39 is 5.97 Å². The van der Waals surface area contributed by atoms with Crippen LogP contribution in [0.15, 0.2) is 18.5 Å². The van der Waals surface area contributed by atoms with Crippen LogP contribution in [0, 0.1) is 0 Å². The van der Waals surface area contributed by atoms with E-state index in [1.54, 1.807) is 6.20 Å². The average molecular weight is 207 g/mol. The number of carboxylic acids is 1. The fourth-order valence-electron chi connectivity index (χ4n) is 1.83. The van der Waals surface area contributed by atoms with Gasteiger partial charge in [-0.15, -0.1) is 0 Å². The number of hydrogen-bond acceptors (Lipinski definition) is 4. The largest absolute Gasteiger partial charge is 0.478 e. The van der Waals surface area contributed by atoms with Crippen LogP contribution < -0.4 is 10.6 Å². The van der Waals surface area contributed by atoms with Gasteiger partial charge in [-0.05, 0) is 12.5 Å². The predicted molar refractivity (Wildman–Crippen MR) is 56.0 cm³/mol. The van der Waals surface area contributed by atoms with Crippen LogP contribution in [-0.4, -0.2) is 35.2 Å². The van der Waals surface area contributed by atoms with Crippen molar-refractivity contribution < 1.29 is 9.90 Å². The van der Waals surface area contributed by atoms with Crippen molar-refractivity contribution in [2.24, 2.45) is 5.73 Å². The Morgan fingerprint density at radius 3 is 3.07 bits per heavy atom. The van der Waals surface area contributed by atoms with Gasteiger partial charge in [0.25, 0.3) is 0 Å². The maximum Gasteiger partial charge on any atom is 0.337 e. The number of nitrogens with two attached hydrogens (primary N) is 1. The van der Waals surface area contributed by atoms with Gasteiger partial charge in [-0.25, -0.2) is 4.79 Å². The summed E-state index contributed by atoms with van der Waals surface area (Å²) in [5.74, 6) is -0.923. The molecular formula is C10H13N3O2. The Balaban J connectivity index is 2.31. The molecular weight excluding hydrogens is 194 g/mol. The summed E-state index contributed by atoms with van der Waals surface area (Å²) in [6.45, 7) is 1.50. The highest BCUT2D eigenvalue weighted by atomic mass is 16.4. The number of rotatable bonds is 2. The monoisotopic (exact) mass is 207 g/mol. The first-order valence-corrected chi connectivity index (χ1v) is 4.86. The highest BCUT2D eigenvalue weighted by Gasteiger charge is 2.23. The molecule has 5 nitrogen and oxygen atoms in total. The van der Waals surface area contributed by atoms with Crippen molar-refractivity contribution in [3.05, 3.63) is 24.0 Å². The molecule has 1 saturated heterocycles. The molecule has 1 aliphatic heterocycles. The molecule has 0 radical (unpaired) electrons. The highest BCUT2D eigenvalue weighted by Crippen LogP contribution is 2.22. The molecule has 3 N–H and O–H groups in total. The van der Waals surface area contributed by atoms with Crippen LogP contribution in [0.4, 0.5) is 5.69 Å². The summed E-state index contributed by atoms with van der Waals surface area (Å²) in [6, 6.07) is 1.65. The Morgan fingerprint density at radius 1 is 1.67 bits per heavy atom. The van der Waals surface area contributed by atoms with Crippen molar-refractivity contribution in [1.82, 2.24) is 4.98 Å². The molecule has 1 fully saturated rings. The van der Waals surface area contributed by atoms with Crippen LogP contribution >= 0.6 is 0 Å². The van der Waals surface area contributed by atoms with Gasteiger partial charge in [-0.2, -0.15) is 0 Å². The average Bonchev–Trinajstić information content (AvgIpc) is 2.65. The van der Waals surface area contributed by atoms with Crippen LogP contribution in [0.5, 0.6) is 0 Å². The lowest BCUT2D eigenvalue weighted by Crippen LogP contribution is -2.27. The minimum absolute atomic E-state index is 0.131. The summed E-state index contributed by atoms with van der Waals surface area (Å²) in [6.07, 6.45) is 3.97. The molecule has 0 saturated carbocycles. The second-order valence-corrected chi connectivity index (χ2v) is 3.69. The zero-order valence-electron chi connectivity index (χ0n) is 8.26. The van der Waals surface area contributed by atoms with Crippen molar-refractivity contribution >= 4 is 11.7 Å². The molecule has 1 aliphatic rings. The molecule has 80 valence electrons. The van der Waals surface area contributed by atoms with E-state index in [9.17, 15) is 4.79 Å². The van der Waals surface area contributed by atoms with Crippen LogP contribution in [-0.2, 0) is 0 Å². The number of nitrogens with zero attached hydrogens (tertiary/aromatic N) is 2. The first-order valence-electron chi connectivity index (χ1n) is 4.86. The number of aromatic carboxylic acids is 1. The maximum atomic E-state index is 11.0. The molecule has 2 rings (SSSR count). The van der Waals surface area contributed by atoms with Gasteiger partial charge in [-0.3, -0.25) is 4.98 Å². The fraction of sp³-hybridized carbons (Fsp3) is 0.400. The first kappa shape index (κ1) is 9.92. The van der Waals surface area contributed by atoms with Crippen LogP contribution in [0.1, 0.15) is 16.8 Å². The third-order valence-electron chi connectivity index (χ3n) is 2.60. The van der Waals surface area contributed by atoms with E-state index in [0.29, 0.717) is 17.8 Å². The van der Waals surface area contributed by atoms with Crippen molar-refractivity contribution in [3.8, 4) is 0 Å². The molecule has 1 atom stereocenters. The Labute approximate surface area is 87.5 Å². The zero-order valence-corrected chi connectivity index (χ0v) is 8.26. The molecule has 5 heteroatoms. The normalized spacial score (nSPS) is 20.6. The molecule has 1 unspecified atom stereocenters. The minimum atomic E-state index is -0.923. The number of pyridine rings is 1. The number of aromatic nitrogens is 1. The second-order valence-electron chi connectivity index (χ2n) is 3.69. The lowest BCUT2D eigenvalue weighted by Gasteiger charge is -2.19. The summed E-state index contributed by atoms with van der Waals surface area (Å²) in [5, 5.41) is 9.01. The van der Waals surface area contributed by atoms with Gasteiger partial charge in [0.15, 0.2) is 0 Å². The lowest BCUT2D eigenvalue weighted by atomic mass is 10.2. The molecule has 1 aromatic heterocycles. The van der Waals surface area contributed by atoms with Crippen LogP contribution in [0.2, 0.25) is 0 Å². The Hall–Kier alpha value is -1.62. The maximum absolute atomic E-state index is 11.0. The van der Waals surface area contributed by atoms with Gasteiger partial charge in [0.05, 0.1) is 17.4 Å². The van der Waals surface area contributed by atoms with E-state index in [4.69, 9.17) is 10.8 Å². The topological polar surface area (TPSA) is 79.5 Å². The first-order chi connectivity index (χ1) is 7.18. The van der Waals surface area contributed by atoms with E-state index in [-0.39, 0.29) is 6.04 Å². The molecule has 0 aliphatic carbocycles. The summed E-state index contributed by atoms with van der Waals surface area (Å²) in [7, 11) is 0. The highest BCUT2D eigenvalue weighted by molar-refractivity contribution is 5.94. The number of carbonyl (C=O) groups is 1. The van der Waals surface area contributed by atoms with Gasteiger partial charge in [0, 0.05) is 25.3 Å². The number of carboxylic acid groups (broad SMARTS) is 1. The van der Waals surface area contributed by atoms with Gasteiger partial charge in [0.2, 0.25) is 0 Å². The fourth-order valence-corrected chi connectivity index (χ4v) is 1.83. The van der Waals surface area contributed by atoms with Gasteiger partial charge in [-0.1, -0.05) is 0 Å². The van der Waals surface area contributed by atoms with E-state index in [0.717, 1.165) is 13.0 Å². The molecule has 2 heterocycles. The quantitative estimate of drug-likeness (QED) is 0.730. The molecule has 0 bridgehead atoms. The van der Waals surface area contributed by atoms with Crippen molar-refractivity contribution in [2.45, 2.75) is 12.5 Å². The number of hydrogen-bond donors (Lipinski definition) is 2. The summed E-state index contributed by atoms with van der Waals surface area (Å²) in [4.78, 5) is 16.9. The van der Waals surface area contributed by atoms with E-state index >= 15 is 0 Å². The molecule has 0 amide bonds. The Kier molecular flexibility index (Phi) is 2.55. The van der Waals surface area contributed by atoms with Gasteiger partial charge in [0.1, 0.15) is 0 Å². The molecule has 0 spiro atoms. The molecule has 1 aromatic rings. The van der Waals surface area contributed by atoms with Crippen LogP contribution in [0.25, 0.3) is 0 Å². The smallest absolute Gasteiger partial charge is 0.337 e. The predicted octanol–water partition coefficient (Wildman–Crippen LogP) is 0.317. The summed E-state index contributed by atoms with van der Waals surface area (Å²) < 4.78 is 0. The van der Waals surface area contributed by atoms with E-state index in [2.05, 4.69) is 4.98 Å². The Bertz CT molecular complexity index is 381. The van der Waals surface area contributed by atoms with Gasteiger partial charge < -0.3 is 15.7 Å². The minimum Gasteiger partial charge on any atom is -0.478 e. The molecule has 0 aromatic carbocycles. The number of anilines is 1. The SMILES string of the molecule is NC1CCN(c2cnccc2C(=O)O)C1.